The van der Waals surface area contributed by atoms with Gasteiger partial charge in [0.15, 0.2) is 0 Å². The number of carbonyl (C=O) groups excluding carboxylic acids is 1. The molecule has 0 spiro atoms. The van der Waals surface area contributed by atoms with Crippen molar-refractivity contribution in [2.75, 3.05) is 18.5 Å². The maximum absolute atomic E-state index is 12.1. The van der Waals surface area contributed by atoms with Crippen LogP contribution in [0.15, 0.2) is 30.0 Å². The molecule has 1 rings (SSSR count). The molecule has 0 aromatic heterocycles. The smallest absolute Gasteiger partial charge is 0.267 e. The van der Waals surface area contributed by atoms with Crippen molar-refractivity contribution in [3.8, 4) is 11.8 Å². The summed E-state index contributed by atoms with van der Waals surface area (Å²) in [6.45, 7) is 6.94. The molecule has 0 radical (unpaired) electrons. The second-order valence-corrected chi connectivity index (χ2v) is 5.35. The highest BCUT2D eigenvalue weighted by atomic mass is 16.5. The minimum Gasteiger partial charge on any atom is -0.508 e. The van der Waals surface area contributed by atoms with Crippen LogP contribution >= 0.6 is 0 Å². The maximum Gasteiger partial charge on any atom is 0.267 e. The third-order valence-corrected chi connectivity index (χ3v) is 2.99. The summed E-state index contributed by atoms with van der Waals surface area (Å²) in [6.07, 6.45) is 2.38. The fourth-order valence-corrected chi connectivity index (χ4v) is 1.79. The largest absolute Gasteiger partial charge is 0.508 e. The van der Waals surface area contributed by atoms with E-state index in [1.165, 1.54) is 12.3 Å². The number of nitrogens with one attached hydrogen (secondary N) is 2. The molecule has 0 bridgehead atoms. The lowest BCUT2D eigenvalue weighted by atomic mass is 10.2. The van der Waals surface area contributed by atoms with Crippen LogP contribution in [0.2, 0.25) is 0 Å². The first-order chi connectivity index (χ1) is 10.9. The summed E-state index contributed by atoms with van der Waals surface area (Å²) in [4.78, 5) is 12.1. The summed E-state index contributed by atoms with van der Waals surface area (Å²) < 4.78 is 5.40. The molecule has 0 atom stereocenters. The van der Waals surface area contributed by atoms with Crippen LogP contribution in [0.5, 0.6) is 5.75 Å². The number of rotatable bonds is 8. The van der Waals surface area contributed by atoms with Gasteiger partial charge in [0, 0.05) is 25.0 Å². The van der Waals surface area contributed by atoms with Gasteiger partial charge in [-0.15, -0.1) is 0 Å². The number of aromatic hydroxyl groups is 1. The van der Waals surface area contributed by atoms with E-state index in [9.17, 15) is 9.90 Å². The molecule has 1 aromatic carbocycles. The van der Waals surface area contributed by atoms with E-state index in [0.717, 1.165) is 12.0 Å². The number of phenols is 1. The van der Waals surface area contributed by atoms with Gasteiger partial charge in [0.2, 0.25) is 0 Å². The first-order valence-electron chi connectivity index (χ1n) is 7.50. The van der Waals surface area contributed by atoms with Crippen LogP contribution in [0.3, 0.4) is 0 Å². The first kappa shape index (κ1) is 18.5. The van der Waals surface area contributed by atoms with E-state index in [0.29, 0.717) is 18.8 Å². The summed E-state index contributed by atoms with van der Waals surface area (Å²) >= 11 is 0. The number of benzene rings is 1. The normalized spacial score (nSPS) is 11.2. The summed E-state index contributed by atoms with van der Waals surface area (Å²) in [7, 11) is 0. The van der Waals surface area contributed by atoms with Gasteiger partial charge in [-0.05, 0) is 51.0 Å². The van der Waals surface area contributed by atoms with Gasteiger partial charge in [0.25, 0.3) is 5.91 Å². The predicted octanol–water partition coefficient (Wildman–Crippen LogP) is 2.45. The first-order valence-corrected chi connectivity index (χ1v) is 7.50. The summed E-state index contributed by atoms with van der Waals surface area (Å²) in [5.41, 5.74) is 1.26. The summed E-state index contributed by atoms with van der Waals surface area (Å²) in [5, 5.41) is 24.0. The third kappa shape index (κ3) is 6.85. The lowest BCUT2D eigenvalue weighted by Crippen LogP contribution is -2.18. The zero-order valence-electron chi connectivity index (χ0n) is 13.7. The van der Waals surface area contributed by atoms with E-state index in [2.05, 4.69) is 10.6 Å². The number of nitrogens with zero attached hydrogens (tertiary/aromatic N) is 1. The number of phenolic OH excluding ortho intramolecular Hbond substituents is 1. The topological polar surface area (TPSA) is 94.4 Å². The van der Waals surface area contributed by atoms with Gasteiger partial charge in [-0.3, -0.25) is 4.79 Å². The Morgan fingerprint density at radius 3 is 2.83 bits per heavy atom. The molecule has 0 saturated carbocycles. The zero-order chi connectivity index (χ0) is 17.2. The van der Waals surface area contributed by atoms with E-state index in [-0.39, 0.29) is 17.4 Å². The highest BCUT2D eigenvalue weighted by molar-refractivity contribution is 6.06. The van der Waals surface area contributed by atoms with Crippen LogP contribution in [0.4, 0.5) is 5.69 Å². The van der Waals surface area contributed by atoms with E-state index in [1.54, 1.807) is 19.1 Å². The van der Waals surface area contributed by atoms with Gasteiger partial charge in [-0.1, -0.05) is 0 Å². The number of hydrogen-bond acceptors (Lipinski definition) is 5. The van der Waals surface area contributed by atoms with E-state index >= 15 is 0 Å². The van der Waals surface area contributed by atoms with Crippen molar-refractivity contribution in [1.29, 1.82) is 5.26 Å². The van der Waals surface area contributed by atoms with Crippen molar-refractivity contribution in [2.24, 2.45) is 0 Å². The lowest BCUT2D eigenvalue weighted by Gasteiger charge is -2.09. The Bertz CT molecular complexity index is 604. The van der Waals surface area contributed by atoms with Crippen LogP contribution in [0.25, 0.3) is 0 Å². The highest BCUT2D eigenvalue weighted by Gasteiger charge is 2.10. The molecule has 23 heavy (non-hydrogen) atoms. The lowest BCUT2D eigenvalue weighted by molar-refractivity contribution is -0.112. The van der Waals surface area contributed by atoms with Gasteiger partial charge in [0.05, 0.1) is 6.10 Å². The molecule has 0 aliphatic heterocycles. The molecule has 1 amide bonds. The molecular weight excluding hydrogens is 294 g/mol. The SMILES string of the molecule is Cc1cc(O)ccc1NC(=O)/C(C#N)=C\NCCCOC(C)C. The number of nitriles is 1. The minimum absolute atomic E-state index is 0.0118. The Labute approximate surface area is 136 Å². The molecular formula is C17H23N3O3. The molecule has 0 fully saturated rings. The van der Waals surface area contributed by atoms with Crippen molar-refractivity contribution < 1.29 is 14.6 Å². The van der Waals surface area contributed by atoms with Crippen molar-refractivity contribution in [3.05, 3.63) is 35.5 Å². The number of carbonyl (C=O) groups is 1. The molecule has 1 aromatic rings. The van der Waals surface area contributed by atoms with Crippen LogP contribution in [-0.4, -0.2) is 30.3 Å². The molecule has 124 valence electrons. The number of hydrogen-bond donors (Lipinski definition) is 3. The second-order valence-electron chi connectivity index (χ2n) is 5.35. The van der Waals surface area contributed by atoms with E-state index < -0.39 is 5.91 Å². The Morgan fingerprint density at radius 1 is 1.48 bits per heavy atom. The number of amides is 1. The fraction of sp³-hybridized carbons (Fsp3) is 0.412. The van der Waals surface area contributed by atoms with Crippen molar-refractivity contribution in [1.82, 2.24) is 5.32 Å². The Morgan fingerprint density at radius 2 is 2.22 bits per heavy atom. The third-order valence-electron chi connectivity index (χ3n) is 2.99. The number of anilines is 1. The van der Waals surface area contributed by atoms with Crippen LogP contribution in [0.1, 0.15) is 25.8 Å². The molecule has 3 N–H and O–H groups in total. The van der Waals surface area contributed by atoms with Crippen LogP contribution < -0.4 is 10.6 Å². The fourth-order valence-electron chi connectivity index (χ4n) is 1.79. The average Bonchev–Trinajstić information content (AvgIpc) is 2.49. The molecule has 6 heteroatoms. The predicted molar refractivity (Wildman–Crippen MR) is 88.9 cm³/mol. The molecule has 0 aliphatic rings. The van der Waals surface area contributed by atoms with Gasteiger partial charge >= 0.3 is 0 Å². The summed E-state index contributed by atoms with van der Waals surface area (Å²) in [6, 6.07) is 6.48. The van der Waals surface area contributed by atoms with Gasteiger partial charge in [0.1, 0.15) is 17.4 Å². The molecule has 6 nitrogen and oxygen atoms in total. The Kier molecular flexibility index (Phi) is 7.64. The monoisotopic (exact) mass is 317 g/mol. The van der Waals surface area contributed by atoms with Crippen molar-refractivity contribution in [2.45, 2.75) is 33.3 Å². The number of ether oxygens (including phenoxy) is 1. The zero-order valence-corrected chi connectivity index (χ0v) is 13.7. The van der Waals surface area contributed by atoms with Gasteiger partial charge in [-0.2, -0.15) is 5.26 Å². The standard InChI is InChI=1S/C17H23N3O3/c1-12(2)23-8-4-7-19-11-14(10-18)17(22)20-16-6-5-15(21)9-13(16)3/h5-6,9,11-12,19,21H,4,7-8H2,1-3H3,(H,20,22)/b14-11-. The molecule has 0 heterocycles. The van der Waals surface area contributed by atoms with Crippen LogP contribution in [-0.2, 0) is 9.53 Å². The van der Waals surface area contributed by atoms with Gasteiger partial charge < -0.3 is 20.5 Å². The Balaban J connectivity index is 2.51. The number of aryl methyl sites for hydroxylation is 1. The molecule has 0 unspecified atom stereocenters. The average molecular weight is 317 g/mol. The van der Waals surface area contributed by atoms with E-state index in [1.807, 2.05) is 19.9 Å². The maximum atomic E-state index is 12.1. The van der Waals surface area contributed by atoms with E-state index in [4.69, 9.17) is 10.00 Å². The molecule has 0 aliphatic carbocycles. The highest BCUT2D eigenvalue weighted by Crippen LogP contribution is 2.20. The minimum atomic E-state index is -0.493. The van der Waals surface area contributed by atoms with Crippen molar-refractivity contribution in [3.63, 3.8) is 0 Å². The second kappa shape index (κ2) is 9.49. The Hall–Kier alpha value is -2.52. The van der Waals surface area contributed by atoms with Gasteiger partial charge in [-0.25, -0.2) is 0 Å². The van der Waals surface area contributed by atoms with Crippen LogP contribution in [0, 0.1) is 18.3 Å². The quantitative estimate of drug-likeness (QED) is 0.296. The summed E-state index contributed by atoms with van der Waals surface area (Å²) in [5.74, 6) is -0.367. The van der Waals surface area contributed by atoms with Crippen molar-refractivity contribution >= 4 is 11.6 Å². The molecule has 0 saturated heterocycles.